The van der Waals surface area contributed by atoms with Gasteiger partial charge in [0, 0.05) is 17.6 Å². The summed E-state index contributed by atoms with van der Waals surface area (Å²) in [6.07, 6.45) is 0. The third-order valence-electron chi connectivity index (χ3n) is 3.34. The number of aryl methyl sites for hydroxylation is 1. The molecule has 0 fully saturated rings. The Labute approximate surface area is 129 Å². The maximum absolute atomic E-state index is 13.9. The number of oxazole rings is 1. The minimum absolute atomic E-state index is 0.310. The predicted octanol–water partition coefficient (Wildman–Crippen LogP) is 4.25. The quantitative estimate of drug-likeness (QED) is 0.660. The number of benzene rings is 2. The van der Waals surface area contributed by atoms with Crippen molar-refractivity contribution in [3.05, 3.63) is 68.9 Å². The Kier molecular flexibility index (Phi) is 3.51. The molecule has 0 amide bonds. The van der Waals surface area contributed by atoms with E-state index >= 15 is 0 Å². The lowest BCUT2D eigenvalue weighted by molar-refractivity contribution is 0.528. The third-order valence-corrected chi connectivity index (χ3v) is 4.07. The van der Waals surface area contributed by atoms with Crippen LogP contribution in [0.4, 0.5) is 4.39 Å². The molecular weight excluding hydrogens is 316 g/mol. The molecule has 108 valence electrons. The number of nitrogens with zero attached hydrogens (tertiary/aromatic N) is 1. The first-order valence-electron chi connectivity index (χ1n) is 6.16. The van der Waals surface area contributed by atoms with Crippen LogP contribution in [0.25, 0.3) is 11.1 Å². The fourth-order valence-corrected chi connectivity index (χ4v) is 2.67. The van der Waals surface area contributed by atoms with Gasteiger partial charge in [0.2, 0.25) is 0 Å². The van der Waals surface area contributed by atoms with Crippen molar-refractivity contribution in [2.45, 2.75) is 5.38 Å². The molecular formula is C15H10Cl2FNO2. The fourth-order valence-electron chi connectivity index (χ4n) is 2.19. The van der Waals surface area contributed by atoms with E-state index in [2.05, 4.69) is 0 Å². The molecule has 1 atom stereocenters. The lowest BCUT2D eigenvalue weighted by Gasteiger charge is -2.11. The third kappa shape index (κ3) is 2.45. The minimum Gasteiger partial charge on any atom is -0.408 e. The van der Waals surface area contributed by atoms with E-state index in [1.165, 1.54) is 10.6 Å². The molecule has 3 rings (SSSR count). The van der Waals surface area contributed by atoms with Crippen molar-refractivity contribution >= 4 is 34.3 Å². The highest BCUT2D eigenvalue weighted by Gasteiger charge is 2.17. The van der Waals surface area contributed by atoms with Gasteiger partial charge in [-0.05, 0) is 29.8 Å². The van der Waals surface area contributed by atoms with Crippen LogP contribution in [0, 0.1) is 5.82 Å². The molecule has 3 nitrogen and oxygen atoms in total. The molecule has 1 heterocycles. The van der Waals surface area contributed by atoms with Crippen LogP contribution in [0.2, 0.25) is 5.02 Å². The normalized spacial score (nSPS) is 12.8. The number of hydrogen-bond acceptors (Lipinski definition) is 2. The fraction of sp³-hybridized carbons (Fsp3) is 0.133. The van der Waals surface area contributed by atoms with Gasteiger partial charge in [0.05, 0.1) is 10.9 Å². The Hall–Kier alpha value is -1.78. The van der Waals surface area contributed by atoms with Crippen LogP contribution in [0.3, 0.4) is 0 Å². The van der Waals surface area contributed by atoms with Gasteiger partial charge in [0.25, 0.3) is 0 Å². The molecule has 1 aromatic heterocycles. The maximum atomic E-state index is 13.9. The molecule has 1 unspecified atom stereocenters. The molecule has 0 spiro atoms. The standard InChI is InChI=1S/C15H10Cl2FNO2/c1-19-12-5-2-8(6-13(12)21-15(19)20)14(17)10-4-3-9(16)7-11(10)18/h2-7,14H,1H3. The minimum atomic E-state index is -0.697. The summed E-state index contributed by atoms with van der Waals surface area (Å²) >= 11 is 12.1. The first-order valence-corrected chi connectivity index (χ1v) is 6.97. The van der Waals surface area contributed by atoms with Gasteiger partial charge in [-0.3, -0.25) is 4.57 Å². The van der Waals surface area contributed by atoms with Gasteiger partial charge in [0.15, 0.2) is 5.58 Å². The van der Waals surface area contributed by atoms with Gasteiger partial charge in [-0.25, -0.2) is 9.18 Å². The lowest BCUT2D eigenvalue weighted by Crippen LogP contribution is -2.08. The van der Waals surface area contributed by atoms with E-state index < -0.39 is 17.0 Å². The van der Waals surface area contributed by atoms with Crippen molar-refractivity contribution in [3.63, 3.8) is 0 Å². The molecule has 0 aliphatic carbocycles. The smallest absolute Gasteiger partial charge is 0.408 e. The van der Waals surface area contributed by atoms with Gasteiger partial charge in [0.1, 0.15) is 5.82 Å². The molecule has 3 aromatic rings. The lowest BCUT2D eigenvalue weighted by atomic mass is 10.0. The zero-order valence-electron chi connectivity index (χ0n) is 10.9. The first-order chi connectivity index (χ1) is 9.97. The largest absolute Gasteiger partial charge is 0.419 e. The summed E-state index contributed by atoms with van der Waals surface area (Å²) in [5, 5.41) is -0.387. The van der Waals surface area contributed by atoms with E-state index in [0.717, 1.165) is 0 Å². The van der Waals surface area contributed by atoms with E-state index in [1.54, 1.807) is 37.4 Å². The summed E-state index contributed by atoms with van der Waals surface area (Å²) in [4.78, 5) is 11.5. The Morgan fingerprint density at radius 3 is 2.71 bits per heavy atom. The summed E-state index contributed by atoms with van der Waals surface area (Å²) in [6.45, 7) is 0. The molecule has 0 N–H and O–H groups in total. The van der Waals surface area contributed by atoms with Crippen LogP contribution >= 0.6 is 23.2 Å². The second-order valence-corrected chi connectivity index (χ2v) is 5.56. The predicted molar refractivity (Wildman–Crippen MR) is 80.6 cm³/mol. The SMILES string of the molecule is Cn1c(=O)oc2cc(C(Cl)c3ccc(Cl)cc3F)ccc21. The Morgan fingerprint density at radius 2 is 2.00 bits per heavy atom. The van der Waals surface area contributed by atoms with Gasteiger partial charge in [-0.1, -0.05) is 23.7 Å². The highest BCUT2D eigenvalue weighted by atomic mass is 35.5. The van der Waals surface area contributed by atoms with Crippen molar-refractivity contribution in [2.24, 2.45) is 7.05 Å². The summed E-state index contributed by atoms with van der Waals surface area (Å²) in [7, 11) is 1.62. The van der Waals surface area contributed by atoms with E-state index in [9.17, 15) is 9.18 Å². The van der Waals surface area contributed by atoms with Gasteiger partial charge in [-0.15, -0.1) is 11.6 Å². The molecule has 0 radical (unpaired) electrons. The number of rotatable bonds is 2. The first kappa shape index (κ1) is 14.2. The molecule has 0 bridgehead atoms. The molecule has 0 saturated heterocycles. The molecule has 21 heavy (non-hydrogen) atoms. The summed E-state index contributed by atoms with van der Waals surface area (Å²) < 4.78 is 20.4. The van der Waals surface area contributed by atoms with Crippen molar-refractivity contribution in [1.29, 1.82) is 0 Å². The average Bonchev–Trinajstić information content (AvgIpc) is 2.73. The number of hydrogen-bond donors (Lipinski definition) is 0. The van der Waals surface area contributed by atoms with Crippen LogP contribution in [0.15, 0.2) is 45.6 Å². The van der Waals surface area contributed by atoms with E-state index in [1.807, 2.05) is 0 Å². The molecule has 0 aliphatic rings. The molecule has 6 heteroatoms. The Morgan fingerprint density at radius 1 is 1.24 bits per heavy atom. The van der Waals surface area contributed by atoms with Crippen LogP contribution in [-0.4, -0.2) is 4.57 Å². The summed E-state index contributed by atoms with van der Waals surface area (Å²) in [5.74, 6) is -0.928. The Balaban J connectivity index is 2.09. The summed E-state index contributed by atoms with van der Waals surface area (Å²) in [5.41, 5.74) is 2.03. The van der Waals surface area contributed by atoms with Crippen LogP contribution in [-0.2, 0) is 7.05 Å². The molecule has 0 aliphatic heterocycles. The number of alkyl halides is 1. The topological polar surface area (TPSA) is 35.1 Å². The van der Waals surface area contributed by atoms with E-state index in [-0.39, 0.29) is 0 Å². The second kappa shape index (κ2) is 5.20. The number of aromatic nitrogens is 1. The molecule has 0 saturated carbocycles. The second-order valence-electron chi connectivity index (χ2n) is 4.68. The highest BCUT2D eigenvalue weighted by molar-refractivity contribution is 6.30. The maximum Gasteiger partial charge on any atom is 0.419 e. The van der Waals surface area contributed by atoms with Crippen LogP contribution < -0.4 is 5.76 Å². The number of halogens is 3. The van der Waals surface area contributed by atoms with E-state index in [4.69, 9.17) is 27.6 Å². The van der Waals surface area contributed by atoms with Crippen molar-refractivity contribution in [1.82, 2.24) is 4.57 Å². The van der Waals surface area contributed by atoms with Crippen molar-refractivity contribution < 1.29 is 8.81 Å². The summed E-state index contributed by atoms with van der Waals surface area (Å²) in [6, 6.07) is 9.44. The average molecular weight is 326 g/mol. The Bertz CT molecular complexity index is 885. The van der Waals surface area contributed by atoms with Crippen LogP contribution in [0.5, 0.6) is 0 Å². The van der Waals surface area contributed by atoms with Gasteiger partial charge in [-0.2, -0.15) is 0 Å². The highest BCUT2D eigenvalue weighted by Crippen LogP contribution is 2.33. The number of fused-ring (bicyclic) bond motifs is 1. The van der Waals surface area contributed by atoms with Crippen LogP contribution in [0.1, 0.15) is 16.5 Å². The van der Waals surface area contributed by atoms with Crippen molar-refractivity contribution in [2.75, 3.05) is 0 Å². The zero-order chi connectivity index (χ0) is 15.1. The van der Waals surface area contributed by atoms with Crippen molar-refractivity contribution in [3.8, 4) is 0 Å². The van der Waals surface area contributed by atoms with Gasteiger partial charge < -0.3 is 4.42 Å². The zero-order valence-corrected chi connectivity index (χ0v) is 12.5. The molecule has 2 aromatic carbocycles. The van der Waals surface area contributed by atoms with E-state index in [0.29, 0.717) is 27.2 Å². The monoisotopic (exact) mass is 325 g/mol. The van der Waals surface area contributed by atoms with Gasteiger partial charge >= 0.3 is 5.76 Å².